The molecular formula is C24H21N5O. The maximum Gasteiger partial charge on any atom is 0.223 e. The Balaban J connectivity index is 1.71. The first kappa shape index (κ1) is 18.0. The Hall–Kier alpha value is -4.06. The fourth-order valence-electron chi connectivity index (χ4n) is 3.82. The van der Waals surface area contributed by atoms with Crippen LogP contribution in [-0.2, 0) is 13.1 Å². The van der Waals surface area contributed by atoms with Crippen molar-refractivity contribution in [1.29, 1.82) is 0 Å². The van der Waals surface area contributed by atoms with Crippen LogP contribution in [0.5, 0.6) is 5.75 Å². The van der Waals surface area contributed by atoms with E-state index in [4.69, 9.17) is 5.73 Å². The van der Waals surface area contributed by atoms with E-state index in [0.29, 0.717) is 18.7 Å². The molecule has 0 aliphatic heterocycles. The summed E-state index contributed by atoms with van der Waals surface area (Å²) in [5.41, 5.74) is 9.95. The van der Waals surface area contributed by atoms with Gasteiger partial charge < -0.3 is 20.7 Å². The van der Waals surface area contributed by atoms with Gasteiger partial charge in [-0.15, -0.1) is 0 Å². The minimum atomic E-state index is 0.198. The number of hydrogen-bond acceptors (Lipinski definition) is 5. The van der Waals surface area contributed by atoms with Crippen molar-refractivity contribution < 1.29 is 5.11 Å². The first-order valence-corrected chi connectivity index (χ1v) is 9.78. The van der Waals surface area contributed by atoms with Crippen molar-refractivity contribution in [2.45, 2.75) is 13.1 Å². The fourth-order valence-corrected chi connectivity index (χ4v) is 3.82. The van der Waals surface area contributed by atoms with Gasteiger partial charge in [0.2, 0.25) is 5.95 Å². The molecule has 0 bridgehead atoms. The molecule has 4 N–H and O–H groups in total. The van der Waals surface area contributed by atoms with Crippen LogP contribution in [0.15, 0.2) is 78.9 Å². The molecule has 148 valence electrons. The summed E-state index contributed by atoms with van der Waals surface area (Å²) >= 11 is 0. The van der Waals surface area contributed by atoms with E-state index in [9.17, 15) is 5.11 Å². The molecule has 2 aromatic heterocycles. The Morgan fingerprint density at radius 1 is 0.833 bits per heavy atom. The number of benzene rings is 3. The van der Waals surface area contributed by atoms with Crippen LogP contribution in [0.4, 0.5) is 11.8 Å². The average Bonchev–Trinajstić information content (AvgIpc) is 3.11. The third kappa shape index (κ3) is 3.39. The normalized spacial score (nSPS) is 11.2. The topological polar surface area (TPSA) is 91.1 Å². The Morgan fingerprint density at radius 3 is 2.10 bits per heavy atom. The van der Waals surface area contributed by atoms with Gasteiger partial charge in [0.15, 0.2) is 0 Å². The number of aromatic nitrogens is 3. The van der Waals surface area contributed by atoms with Crippen LogP contribution in [0.1, 0.15) is 11.1 Å². The van der Waals surface area contributed by atoms with Crippen molar-refractivity contribution in [3.05, 3.63) is 90.0 Å². The van der Waals surface area contributed by atoms with Crippen LogP contribution in [0.3, 0.4) is 0 Å². The molecule has 0 amide bonds. The number of phenolic OH excluding ortho intramolecular Hbond substituents is 1. The zero-order valence-electron chi connectivity index (χ0n) is 16.3. The molecule has 0 saturated heterocycles. The van der Waals surface area contributed by atoms with Gasteiger partial charge in [0.1, 0.15) is 17.2 Å². The highest BCUT2D eigenvalue weighted by Crippen LogP contribution is 2.35. The third-order valence-corrected chi connectivity index (χ3v) is 5.16. The van der Waals surface area contributed by atoms with Crippen LogP contribution in [-0.4, -0.2) is 20.1 Å². The minimum Gasteiger partial charge on any atom is -0.508 e. The number of nitrogens with zero attached hydrogens (tertiary/aromatic N) is 3. The molecular weight excluding hydrogens is 374 g/mol. The van der Waals surface area contributed by atoms with Gasteiger partial charge in [0.05, 0.1) is 5.39 Å². The molecule has 0 aliphatic rings. The van der Waals surface area contributed by atoms with E-state index in [1.807, 2.05) is 42.5 Å². The van der Waals surface area contributed by atoms with E-state index in [0.717, 1.165) is 22.1 Å². The second-order valence-corrected chi connectivity index (χ2v) is 7.31. The zero-order valence-corrected chi connectivity index (χ0v) is 16.3. The molecule has 2 heterocycles. The predicted molar refractivity (Wildman–Crippen MR) is 120 cm³/mol. The average molecular weight is 395 g/mol. The van der Waals surface area contributed by atoms with Crippen LogP contribution in [0, 0.1) is 0 Å². The molecule has 3 aromatic carbocycles. The second kappa shape index (κ2) is 7.40. The molecule has 0 fully saturated rings. The molecule has 6 nitrogen and oxygen atoms in total. The number of fused-ring (bicyclic) bond motifs is 3. The fraction of sp³-hybridized carbons (Fsp3) is 0.0833. The van der Waals surface area contributed by atoms with Gasteiger partial charge in [0.25, 0.3) is 0 Å². The van der Waals surface area contributed by atoms with E-state index in [-0.39, 0.29) is 11.7 Å². The number of rotatable bonds is 5. The molecule has 0 radical (unpaired) electrons. The van der Waals surface area contributed by atoms with Crippen molar-refractivity contribution in [2.75, 3.05) is 10.6 Å². The van der Waals surface area contributed by atoms with Crippen molar-refractivity contribution in [3.63, 3.8) is 0 Å². The summed E-state index contributed by atoms with van der Waals surface area (Å²) in [4.78, 5) is 14.5. The van der Waals surface area contributed by atoms with Gasteiger partial charge in [-0.2, -0.15) is 9.97 Å². The lowest BCUT2D eigenvalue weighted by molar-refractivity contribution is 0.476. The first-order chi connectivity index (χ1) is 14.7. The maximum absolute atomic E-state index is 10.1. The molecule has 5 aromatic rings. The van der Waals surface area contributed by atoms with E-state index < -0.39 is 0 Å². The monoisotopic (exact) mass is 395 g/mol. The predicted octanol–water partition coefficient (Wildman–Crippen LogP) is 4.61. The number of aromatic hydroxyl groups is 1. The molecule has 30 heavy (non-hydrogen) atoms. The van der Waals surface area contributed by atoms with Crippen molar-refractivity contribution in [2.24, 2.45) is 0 Å². The number of nitrogen functional groups attached to an aromatic ring is 1. The summed E-state index contributed by atoms with van der Waals surface area (Å²) in [6, 6.07) is 25.8. The van der Waals surface area contributed by atoms with Crippen LogP contribution in [0.25, 0.3) is 21.9 Å². The molecule has 0 spiro atoms. The Labute approximate surface area is 173 Å². The SMILES string of the molecule is Nc1nc(N(Cc2ccccc2)Cc2ccccc2)c2c(n1)[nH]c1ccc(O)cc12. The first-order valence-electron chi connectivity index (χ1n) is 9.78. The van der Waals surface area contributed by atoms with Gasteiger partial charge in [-0.25, -0.2) is 0 Å². The molecule has 6 heteroatoms. The highest BCUT2D eigenvalue weighted by molar-refractivity contribution is 6.12. The quantitative estimate of drug-likeness (QED) is 0.404. The smallest absolute Gasteiger partial charge is 0.223 e. The van der Waals surface area contributed by atoms with E-state index >= 15 is 0 Å². The summed E-state index contributed by atoms with van der Waals surface area (Å²) in [7, 11) is 0. The summed E-state index contributed by atoms with van der Waals surface area (Å²) in [6.07, 6.45) is 0. The lowest BCUT2D eigenvalue weighted by atomic mass is 10.1. The van der Waals surface area contributed by atoms with Crippen molar-refractivity contribution in [1.82, 2.24) is 15.0 Å². The lowest BCUT2D eigenvalue weighted by Gasteiger charge is -2.25. The molecule has 0 atom stereocenters. The second-order valence-electron chi connectivity index (χ2n) is 7.31. The lowest BCUT2D eigenvalue weighted by Crippen LogP contribution is -2.24. The number of H-pyrrole nitrogens is 1. The zero-order chi connectivity index (χ0) is 20.5. The largest absolute Gasteiger partial charge is 0.508 e. The van der Waals surface area contributed by atoms with Gasteiger partial charge in [-0.3, -0.25) is 0 Å². The molecule has 0 saturated carbocycles. The molecule has 0 unspecified atom stereocenters. The highest BCUT2D eigenvalue weighted by atomic mass is 16.3. The van der Waals surface area contributed by atoms with Crippen LogP contribution >= 0.6 is 0 Å². The van der Waals surface area contributed by atoms with Crippen molar-refractivity contribution in [3.8, 4) is 5.75 Å². The van der Waals surface area contributed by atoms with Crippen molar-refractivity contribution >= 4 is 33.7 Å². The maximum atomic E-state index is 10.1. The number of phenols is 1. The van der Waals surface area contributed by atoms with E-state index in [1.165, 1.54) is 11.1 Å². The third-order valence-electron chi connectivity index (χ3n) is 5.16. The van der Waals surface area contributed by atoms with E-state index in [2.05, 4.69) is 44.1 Å². The highest BCUT2D eigenvalue weighted by Gasteiger charge is 2.19. The number of hydrogen-bond donors (Lipinski definition) is 3. The molecule has 5 rings (SSSR count). The number of nitrogens with two attached hydrogens (primary N) is 1. The Kier molecular flexibility index (Phi) is 4.44. The van der Waals surface area contributed by atoms with Gasteiger partial charge in [-0.1, -0.05) is 60.7 Å². The number of aromatic amines is 1. The van der Waals surface area contributed by atoms with Gasteiger partial charge >= 0.3 is 0 Å². The van der Waals surface area contributed by atoms with Gasteiger partial charge in [-0.05, 0) is 29.3 Å². The summed E-state index contributed by atoms with van der Waals surface area (Å²) in [5.74, 6) is 1.14. The number of anilines is 2. The van der Waals surface area contributed by atoms with Gasteiger partial charge in [0, 0.05) is 24.0 Å². The summed E-state index contributed by atoms with van der Waals surface area (Å²) in [6.45, 7) is 1.32. The molecule has 0 aliphatic carbocycles. The summed E-state index contributed by atoms with van der Waals surface area (Å²) in [5, 5.41) is 11.8. The standard InChI is InChI=1S/C24H21N5O/c25-24-27-22-21(19-13-18(30)11-12-20(19)26-22)23(28-24)29(14-16-7-3-1-4-8-16)15-17-9-5-2-6-10-17/h1-13,30H,14-15H2,(H3,25,26,27,28). The Bertz CT molecular complexity index is 1270. The number of nitrogens with one attached hydrogen (secondary N) is 1. The summed E-state index contributed by atoms with van der Waals surface area (Å²) < 4.78 is 0. The van der Waals surface area contributed by atoms with Crippen LogP contribution < -0.4 is 10.6 Å². The van der Waals surface area contributed by atoms with E-state index in [1.54, 1.807) is 12.1 Å². The minimum absolute atomic E-state index is 0.198. The Morgan fingerprint density at radius 2 is 1.47 bits per heavy atom. The van der Waals surface area contributed by atoms with Crippen LogP contribution in [0.2, 0.25) is 0 Å².